The summed E-state index contributed by atoms with van der Waals surface area (Å²) in [6, 6.07) is 25.3. The van der Waals surface area contributed by atoms with Gasteiger partial charge in [0.05, 0.1) is 24.7 Å². The van der Waals surface area contributed by atoms with E-state index in [1.807, 2.05) is 43.3 Å². The fraction of sp³-hybridized carbons (Fsp3) is 0.125. The number of nitriles is 1. The molecule has 204 valence electrons. The summed E-state index contributed by atoms with van der Waals surface area (Å²) >= 11 is 6.27. The summed E-state index contributed by atoms with van der Waals surface area (Å²) in [5.41, 5.74) is 4.67. The van der Waals surface area contributed by atoms with E-state index < -0.39 is 11.6 Å². The number of carbonyl (C=O) groups is 1. The van der Waals surface area contributed by atoms with Gasteiger partial charge in [-0.05, 0) is 71.6 Å². The zero-order valence-electron chi connectivity index (χ0n) is 22.1. The van der Waals surface area contributed by atoms with E-state index in [1.165, 1.54) is 11.0 Å². The van der Waals surface area contributed by atoms with Gasteiger partial charge in [0.25, 0.3) is 5.91 Å². The summed E-state index contributed by atoms with van der Waals surface area (Å²) < 4.78 is 30.1. The Morgan fingerprint density at radius 3 is 2.51 bits per heavy atom. The Labute approximate surface area is 241 Å². The maximum absolute atomic E-state index is 14.7. The molecule has 1 amide bonds. The van der Waals surface area contributed by atoms with Crippen molar-refractivity contribution in [3.05, 3.63) is 142 Å². The van der Waals surface area contributed by atoms with Crippen molar-refractivity contribution in [2.45, 2.75) is 26.6 Å². The van der Waals surface area contributed by atoms with Crippen LogP contribution >= 0.6 is 11.6 Å². The molecule has 4 aromatic carbocycles. The highest BCUT2D eigenvalue weighted by Gasteiger charge is 2.22. The molecular formula is C32H24ClF2N5O. The average Bonchev–Trinajstić information content (AvgIpc) is 3.39. The normalized spacial score (nSPS) is 10.8. The highest BCUT2D eigenvalue weighted by atomic mass is 35.5. The molecule has 0 radical (unpaired) electrons. The first kappa shape index (κ1) is 27.7. The second kappa shape index (κ2) is 12.1. The molecule has 1 heterocycles. The van der Waals surface area contributed by atoms with Crippen molar-refractivity contribution in [3.63, 3.8) is 0 Å². The third-order valence-corrected chi connectivity index (χ3v) is 6.83. The number of benzene rings is 4. The summed E-state index contributed by atoms with van der Waals surface area (Å²) in [6.45, 7) is 2.25. The van der Waals surface area contributed by atoms with Gasteiger partial charge in [-0.2, -0.15) is 5.26 Å². The van der Waals surface area contributed by atoms with Gasteiger partial charge in [0.1, 0.15) is 18.0 Å². The van der Waals surface area contributed by atoms with Crippen molar-refractivity contribution in [1.82, 2.24) is 19.7 Å². The molecule has 6 nitrogen and oxygen atoms in total. The SMILES string of the molecule is Cc1cc(Cl)cc(-c2cccc(C(=O)N(Cc3ccc(F)cc3F)Cc3nncn3Cc3ccc(C#N)cc3)c2)c1. The van der Waals surface area contributed by atoms with Gasteiger partial charge in [0, 0.05) is 28.8 Å². The Bertz CT molecular complexity index is 1740. The van der Waals surface area contributed by atoms with Crippen LogP contribution in [-0.4, -0.2) is 25.6 Å². The Morgan fingerprint density at radius 1 is 0.976 bits per heavy atom. The topological polar surface area (TPSA) is 74.8 Å². The first-order valence-corrected chi connectivity index (χ1v) is 13.1. The molecule has 0 aliphatic heterocycles. The monoisotopic (exact) mass is 567 g/mol. The minimum Gasteiger partial charge on any atom is -0.327 e. The molecule has 0 aliphatic carbocycles. The highest BCUT2D eigenvalue weighted by molar-refractivity contribution is 6.31. The minimum absolute atomic E-state index is 0.0203. The number of carbonyl (C=O) groups excluding carboxylic acids is 1. The van der Waals surface area contributed by atoms with Crippen LogP contribution < -0.4 is 0 Å². The molecule has 5 aromatic rings. The zero-order chi connectivity index (χ0) is 28.9. The fourth-order valence-electron chi connectivity index (χ4n) is 4.56. The van der Waals surface area contributed by atoms with Gasteiger partial charge in [-0.3, -0.25) is 4.79 Å². The van der Waals surface area contributed by atoms with Crippen LogP contribution in [0, 0.1) is 29.9 Å². The van der Waals surface area contributed by atoms with Crippen molar-refractivity contribution < 1.29 is 13.6 Å². The Hall–Kier alpha value is -4.87. The van der Waals surface area contributed by atoms with E-state index in [2.05, 4.69) is 16.3 Å². The van der Waals surface area contributed by atoms with Gasteiger partial charge in [-0.1, -0.05) is 48.0 Å². The van der Waals surface area contributed by atoms with E-state index >= 15 is 0 Å². The first-order valence-electron chi connectivity index (χ1n) is 12.8. The number of hydrogen-bond acceptors (Lipinski definition) is 4. The predicted molar refractivity (Wildman–Crippen MR) is 152 cm³/mol. The highest BCUT2D eigenvalue weighted by Crippen LogP contribution is 2.26. The van der Waals surface area contributed by atoms with E-state index in [0.29, 0.717) is 28.5 Å². The maximum atomic E-state index is 14.7. The minimum atomic E-state index is -0.745. The van der Waals surface area contributed by atoms with Gasteiger partial charge in [-0.15, -0.1) is 10.2 Å². The lowest BCUT2D eigenvalue weighted by Crippen LogP contribution is -2.32. The number of aryl methyl sites for hydroxylation is 1. The summed E-state index contributed by atoms with van der Waals surface area (Å²) in [5.74, 6) is -1.32. The molecule has 0 aliphatic rings. The molecule has 0 saturated heterocycles. The largest absolute Gasteiger partial charge is 0.327 e. The third-order valence-electron chi connectivity index (χ3n) is 6.61. The number of hydrogen-bond donors (Lipinski definition) is 0. The number of amides is 1. The summed E-state index contributed by atoms with van der Waals surface area (Å²) in [5, 5.41) is 17.9. The van der Waals surface area contributed by atoms with Gasteiger partial charge >= 0.3 is 0 Å². The van der Waals surface area contributed by atoms with Crippen molar-refractivity contribution in [2.75, 3.05) is 0 Å². The van der Waals surface area contributed by atoms with Gasteiger partial charge in [-0.25, -0.2) is 8.78 Å². The molecule has 0 atom stereocenters. The smallest absolute Gasteiger partial charge is 0.254 e. The lowest BCUT2D eigenvalue weighted by molar-refractivity contribution is 0.0722. The van der Waals surface area contributed by atoms with Crippen LogP contribution in [0.2, 0.25) is 5.02 Å². The van der Waals surface area contributed by atoms with Crippen LogP contribution in [0.1, 0.15) is 38.4 Å². The van der Waals surface area contributed by atoms with Crippen molar-refractivity contribution in [1.29, 1.82) is 5.26 Å². The van der Waals surface area contributed by atoms with Crippen LogP contribution in [0.25, 0.3) is 11.1 Å². The molecule has 0 spiro atoms. The second-order valence-electron chi connectivity index (χ2n) is 9.68. The number of aromatic nitrogens is 3. The van der Waals surface area contributed by atoms with Gasteiger partial charge in [0.15, 0.2) is 5.82 Å². The zero-order valence-corrected chi connectivity index (χ0v) is 22.8. The van der Waals surface area contributed by atoms with Crippen LogP contribution in [-0.2, 0) is 19.6 Å². The molecule has 0 fully saturated rings. The van der Waals surface area contributed by atoms with Crippen LogP contribution in [0.4, 0.5) is 8.78 Å². The molecule has 0 bridgehead atoms. The maximum Gasteiger partial charge on any atom is 0.254 e. The number of rotatable bonds is 8. The number of halogens is 3. The van der Waals surface area contributed by atoms with Crippen LogP contribution in [0.5, 0.6) is 0 Å². The molecule has 0 unspecified atom stereocenters. The Morgan fingerprint density at radius 2 is 1.78 bits per heavy atom. The van der Waals surface area contributed by atoms with Crippen molar-refractivity contribution >= 4 is 17.5 Å². The molecule has 1 aromatic heterocycles. The lowest BCUT2D eigenvalue weighted by atomic mass is 10.0. The van der Waals surface area contributed by atoms with E-state index in [0.717, 1.165) is 34.4 Å². The lowest BCUT2D eigenvalue weighted by Gasteiger charge is -2.23. The van der Waals surface area contributed by atoms with E-state index in [-0.39, 0.29) is 24.6 Å². The quantitative estimate of drug-likeness (QED) is 0.203. The summed E-state index contributed by atoms with van der Waals surface area (Å²) in [4.78, 5) is 15.4. The predicted octanol–water partition coefficient (Wildman–Crippen LogP) is 6.95. The standard InChI is InChI=1S/C32H24ClF2N5O/c1-21-11-27(14-28(33)12-21)24-3-2-4-25(13-24)32(41)39(18-26-9-10-29(34)15-30(26)35)19-31-38-37-20-40(31)17-23-7-5-22(16-36)6-8-23/h2-15,20H,17-19H2,1H3. The van der Waals surface area contributed by atoms with E-state index in [4.69, 9.17) is 16.9 Å². The molecule has 41 heavy (non-hydrogen) atoms. The molecule has 0 saturated carbocycles. The van der Waals surface area contributed by atoms with Gasteiger partial charge < -0.3 is 9.47 Å². The van der Waals surface area contributed by atoms with E-state index in [1.54, 1.807) is 41.2 Å². The number of nitrogens with zero attached hydrogens (tertiary/aromatic N) is 5. The van der Waals surface area contributed by atoms with Crippen LogP contribution in [0.15, 0.2) is 91.3 Å². The van der Waals surface area contributed by atoms with Crippen LogP contribution in [0.3, 0.4) is 0 Å². The van der Waals surface area contributed by atoms with Crippen molar-refractivity contribution in [2.24, 2.45) is 0 Å². The second-order valence-corrected chi connectivity index (χ2v) is 10.1. The summed E-state index contributed by atoms with van der Waals surface area (Å²) in [7, 11) is 0. The molecule has 5 rings (SSSR count). The Balaban J connectivity index is 1.47. The molecular weight excluding hydrogens is 544 g/mol. The first-order chi connectivity index (χ1) is 19.8. The summed E-state index contributed by atoms with van der Waals surface area (Å²) in [6.07, 6.45) is 1.55. The van der Waals surface area contributed by atoms with Gasteiger partial charge in [0.2, 0.25) is 0 Å². The molecule has 0 N–H and O–H groups in total. The fourth-order valence-corrected chi connectivity index (χ4v) is 4.85. The molecule has 9 heteroatoms. The third kappa shape index (κ3) is 6.65. The van der Waals surface area contributed by atoms with E-state index in [9.17, 15) is 13.6 Å². The average molecular weight is 568 g/mol. The Kier molecular flexibility index (Phi) is 8.18. The van der Waals surface area contributed by atoms with Crippen molar-refractivity contribution in [3.8, 4) is 17.2 Å².